The Balaban J connectivity index is 4.28. The molecule has 0 spiro atoms. The van der Waals surface area contributed by atoms with Gasteiger partial charge in [0.1, 0.15) is 19.8 Å². The van der Waals surface area contributed by atoms with E-state index in [4.69, 9.17) is 18.5 Å². The summed E-state index contributed by atoms with van der Waals surface area (Å²) in [6.45, 7) is 4.42. The minimum Gasteiger partial charge on any atom is -0.462 e. The molecule has 2 atom stereocenters. The molecule has 0 saturated heterocycles. The molecule has 10 heteroatoms. The first-order chi connectivity index (χ1) is 28.0. The summed E-state index contributed by atoms with van der Waals surface area (Å²) in [5.41, 5.74) is 0. The van der Waals surface area contributed by atoms with Crippen molar-refractivity contribution in [3.8, 4) is 0 Å². The van der Waals surface area contributed by atoms with E-state index in [-0.39, 0.29) is 32.0 Å². The Morgan fingerprint density at radius 1 is 0.517 bits per heavy atom. The zero-order valence-corrected chi connectivity index (χ0v) is 39.4. The number of phosphoric ester groups is 1. The Morgan fingerprint density at radius 3 is 1.29 bits per heavy atom. The van der Waals surface area contributed by atoms with Gasteiger partial charge in [-0.2, -0.15) is 0 Å². The average Bonchev–Trinajstić information content (AvgIpc) is 3.17. The lowest BCUT2D eigenvalue weighted by Crippen LogP contribution is -2.37. The molecule has 0 rings (SSSR count). The Labute approximate surface area is 358 Å². The fourth-order valence-electron chi connectivity index (χ4n) is 6.65. The number of carbonyl (C=O) groups excluding carboxylic acids is 2. The Kier molecular flexibility index (Phi) is 39.8. The smallest absolute Gasteiger partial charge is 0.462 e. The molecule has 342 valence electrons. The van der Waals surface area contributed by atoms with Gasteiger partial charge in [0.25, 0.3) is 0 Å². The second kappa shape index (κ2) is 40.9. The summed E-state index contributed by atoms with van der Waals surface area (Å²) in [6, 6.07) is 0. The van der Waals surface area contributed by atoms with Crippen LogP contribution < -0.4 is 0 Å². The minimum absolute atomic E-state index is 0.0320. The van der Waals surface area contributed by atoms with Gasteiger partial charge in [0, 0.05) is 12.8 Å². The predicted octanol–water partition coefficient (Wildman–Crippen LogP) is 13.9. The highest BCUT2D eigenvalue weighted by atomic mass is 31.2. The third kappa shape index (κ3) is 44.1. The summed E-state index contributed by atoms with van der Waals surface area (Å²) >= 11 is 0. The number of phosphoric acid groups is 1. The number of rotatable bonds is 44. The Hall–Kier alpha value is -1.51. The van der Waals surface area contributed by atoms with E-state index < -0.39 is 26.5 Å². The van der Waals surface area contributed by atoms with Gasteiger partial charge in [-0.15, -0.1) is 0 Å². The summed E-state index contributed by atoms with van der Waals surface area (Å²) < 4.78 is 34.4. The van der Waals surface area contributed by atoms with Crippen LogP contribution in [-0.4, -0.2) is 74.9 Å². The lowest BCUT2D eigenvalue weighted by molar-refractivity contribution is -0.870. The lowest BCUT2D eigenvalue weighted by Gasteiger charge is -2.24. The number of carbonyl (C=O) groups is 2. The van der Waals surface area contributed by atoms with Gasteiger partial charge in [0.15, 0.2) is 6.10 Å². The number of allylic oxidation sites excluding steroid dienone is 4. The molecule has 0 aliphatic carbocycles. The molecule has 0 aliphatic heterocycles. The molecule has 0 aliphatic rings. The zero-order chi connectivity index (χ0) is 42.8. The molecule has 0 amide bonds. The summed E-state index contributed by atoms with van der Waals surface area (Å²) in [5.74, 6) is -0.799. The standard InChI is InChI=1S/C48H92NO8P/c1-6-8-10-12-14-16-18-20-22-23-24-25-27-28-30-32-34-36-38-40-47(50)54-44-46(45-56-58(52,53)55-43-42-49(3,4)5)57-48(51)41-39-37-35-33-31-29-26-21-19-17-15-13-11-9-7-2/h17,19-20,22,46H,6-16,18,21,23-45H2,1-5H3/p+1/b19-17+,22-20+/t46-/m1/s1. The van der Waals surface area contributed by atoms with E-state index in [0.717, 1.165) is 44.9 Å². The summed E-state index contributed by atoms with van der Waals surface area (Å²) in [5, 5.41) is 0. The molecule has 0 heterocycles. The van der Waals surface area contributed by atoms with Crippen molar-refractivity contribution >= 4 is 19.8 Å². The van der Waals surface area contributed by atoms with E-state index in [1.54, 1.807) is 0 Å². The number of likely N-dealkylation sites (N-methyl/N-ethyl adjacent to an activating group) is 1. The van der Waals surface area contributed by atoms with Crippen molar-refractivity contribution in [2.75, 3.05) is 47.5 Å². The van der Waals surface area contributed by atoms with E-state index in [9.17, 15) is 19.0 Å². The highest BCUT2D eigenvalue weighted by molar-refractivity contribution is 7.47. The molecule has 0 aromatic heterocycles. The van der Waals surface area contributed by atoms with E-state index in [1.165, 1.54) is 141 Å². The van der Waals surface area contributed by atoms with Crippen LogP contribution in [0.4, 0.5) is 0 Å². The van der Waals surface area contributed by atoms with Crippen LogP contribution in [0, 0.1) is 0 Å². The van der Waals surface area contributed by atoms with Crippen LogP contribution in [0.2, 0.25) is 0 Å². The molecular formula is C48H93NO8P+. The molecule has 0 aromatic rings. The molecule has 58 heavy (non-hydrogen) atoms. The normalized spacial score (nSPS) is 13.7. The van der Waals surface area contributed by atoms with Crippen LogP contribution in [0.15, 0.2) is 24.3 Å². The quantitative estimate of drug-likeness (QED) is 0.0212. The van der Waals surface area contributed by atoms with Gasteiger partial charge >= 0.3 is 19.8 Å². The Bertz CT molecular complexity index is 1040. The fraction of sp³-hybridized carbons (Fsp3) is 0.875. The summed E-state index contributed by atoms with van der Waals surface area (Å²) in [6.07, 6.45) is 45.0. The third-order valence-electron chi connectivity index (χ3n) is 10.5. The van der Waals surface area contributed by atoms with Crippen molar-refractivity contribution in [3.05, 3.63) is 24.3 Å². The third-order valence-corrected chi connectivity index (χ3v) is 11.4. The first-order valence-electron chi connectivity index (χ1n) is 24.1. The number of unbranched alkanes of at least 4 members (excludes halogenated alkanes) is 26. The second-order valence-electron chi connectivity index (χ2n) is 17.5. The second-order valence-corrected chi connectivity index (χ2v) is 18.9. The summed E-state index contributed by atoms with van der Waals surface area (Å²) in [4.78, 5) is 35.4. The molecule has 1 unspecified atom stereocenters. The van der Waals surface area contributed by atoms with Gasteiger partial charge in [0.2, 0.25) is 0 Å². The van der Waals surface area contributed by atoms with Gasteiger partial charge in [-0.1, -0.05) is 167 Å². The highest BCUT2D eigenvalue weighted by Gasteiger charge is 2.27. The van der Waals surface area contributed by atoms with Crippen molar-refractivity contribution < 1.29 is 42.1 Å². The van der Waals surface area contributed by atoms with Crippen LogP contribution >= 0.6 is 7.82 Å². The van der Waals surface area contributed by atoms with Crippen molar-refractivity contribution in [2.24, 2.45) is 0 Å². The van der Waals surface area contributed by atoms with Crippen molar-refractivity contribution in [3.63, 3.8) is 0 Å². The molecule has 0 saturated carbocycles. The number of hydrogen-bond acceptors (Lipinski definition) is 7. The number of esters is 2. The molecule has 0 aromatic carbocycles. The fourth-order valence-corrected chi connectivity index (χ4v) is 7.39. The van der Waals surface area contributed by atoms with E-state index in [0.29, 0.717) is 17.4 Å². The molecule has 0 fully saturated rings. The van der Waals surface area contributed by atoms with E-state index in [2.05, 4.69) is 38.2 Å². The lowest BCUT2D eigenvalue weighted by atomic mass is 10.1. The largest absolute Gasteiger partial charge is 0.472 e. The van der Waals surface area contributed by atoms with Crippen LogP contribution in [0.5, 0.6) is 0 Å². The molecule has 0 bridgehead atoms. The zero-order valence-electron chi connectivity index (χ0n) is 38.5. The molecular weight excluding hydrogens is 750 g/mol. The van der Waals surface area contributed by atoms with Crippen LogP contribution in [0.25, 0.3) is 0 Å². The SMILES string of the molecule is CCCCCC/C=C/CCCCCCCCCC(=O)O[C@H](COC(=O)CCCCCCCCCCC/C=C/CCCCCCCC)COP(=O)(O)OCC[N+](C)(C)C. The van der Waals surface area contributed by atoms with Crippen molar-refractivity contribution in [2.45, 2.75) is 225 Å². The van der Waals surface area contributed by atoms with Crippen LogP contribution in [-0.2, 0) is 32.7 Å². The van der Waals surface area contributed by atoms with E-state index in [1.807, 2.05) is 21.1 Å². The maximum Gasteiger partial charge on any atom is 0.472 e. The predicted molar refractivity (Wildman–Crippen MR) is 243 cm³/mol. The van der Waals surface area contributed by atoms with Crippen molar-refractivity contribution in [1.82, 2.24) is 0 Å². The number of hydrogen-bond donors (Lipinski definition) is 1. The summed E-state index contributed by atoms with van der Waals surface area (Å²) in [7, 11) is 1.48. The van der Waals surface area contributed by atoms with Gasteiger partial charge in [-0.3, -0.25) is 18.6 Å². The first-order valence-corrected chi connectivity index (χ1v) is 25.6. The van der Waals surface area contributed by atoms with Gasteiger partial charge in [0.05, 0.1) is 27.7 Å². The van der Waals surface area contributed by atoms with Gasteiger partial charge < -0.3 is 18.9 Å². The number of quaternary nitrogens is 1. The van der Waals surface area contributed by atoms with Gasteiger partial charge in [-0.25, -0.2) is 4.57 Å². The average molecular weight is 843 g/mol. The maximum atomic E-state index is 12.7. The van der Waals surface area contributed by atoms with Gasteiger partial charge in [-0.05, 0) is 64.2 Å². The van der Waals surface area contributed by atoms with E-state index >= 15 is 0 Å². The molecule has 9 nitrogen and oxygen atoms in total. The maximum absolute atomic E-state index is 12.7. The highest BCUT2D eigenvalue weighted by Crippen LogP contribution is 2.43. The van der Waals surface area contributed by atoms with Crippen LogP contribution in [0.1, 0.15) is 219 Å². The van der Waals surface area contributed by atoms with Crippen molar-refractivity contribution in [1.29, 1.82) is 0 Å². The topological polar surface area (TPSA) is 108 Å². The monoisotopic (exact) mass is 843 g/mol. The number of ether oxygens (including phenoxy) is 2. The van der Waals surface area contributed by atoms with Crippen LogP contribution in [0.3, 0.4) is 0 Å². The minimum atomic E-state index is -4.38. The molecule has 0 radical (unpaired) electrons. The molecule has 1 N–H and O–H groups in total. The number of nitrogens with zero attached hydrogens (tertiary/aromatic N) is 1. The first kappa shape index (κ1) is 56.5. The Morgan fingerprint density at radius 2 is 0.879 bits per heavy atom.